The van der Waals surface area contributed by atoms with Crippen molar-refractivity contribution in [1.29, 1.82) is 0 Å². The minimum atomic E-state index is 0.871. The summed E-state index contributed by atoms with van der Waals surface area (Å²) in [5.74, 6) is 0. The Balaban J connectivity index is 0.000000374. The molecule has 0 bridgehead atoms. The van der Waals surface area contributed by atoms with Gasteiger partial charge in [0.25, 0.3) is 0 Å². The van der Waals surface area contributed by atoms with Gasteiger partial charge in [-0.15, -0.1) is 24.5 Å². The first-order valence-electron chi connectivity index (χ1n) is 29.1. The highest BCUT2D eigenvalue weighted by atomic mass is 32.1. The van der Waals surface area contributed by atoms with Crippen LogP contribution in [0.2, 0.25) is 0 Å². The summed E-state index contributed by atoms with van der Waals surface area (Å²) in [5, 5.41) is 4.86. The van der Waals surface area contributed by atoms with Crippen LogP contribution in [0.3, 0.4) is 0 Å². The average molecular weight is 1100 g/mol. The van der Waals surface area contributed by atoms with Crippen LogP contribution in [0, 0.1) is 13.8 Å². The molecule has 0 saturated heterocycles. The Labute approximate surface area is 495 Å². The number of aromatic nitrogens is 1. The summed E-state index contributed by atoms with van der Waals surface area (Å²) < 4.78 is 10.4. The molecule has 0 fully saturated rings. The van der Waals surface area contributed by atoms with Crippen molar-refractivity contribution in [3.8, 4) is 16.8 Å². The summed E-state index contributed by atoms with van der Waals surface area (Å²) in [6.07, 6.45) is 21.5. The number of anilines is 6. The number of benzene rings is 9. The van der Waals surface area contributed by atoms with Gasteiger partial charge in [-0.3, -0.25) is 0 Å². The van der Waals surface area contributed by atoms with Crippen molar-refractivity contribution < 1.29 is 4.42 Å². The van der Waals surface area contributed by atoms with Gasteiger partial charge in [-0.2, -0.15) is 0 Å². The Morgan fingerprint density at radius 1 is 0.458 bits per heavy atom. The summed E-state index contributed by atoms with van der Waals surface area (Å²) in [6.45, 7) is 18.2. The number of aryl methyl sites for hydroxylation is 4. The van der Waals surface area contributed by atoms with Gasteiger partial charge in [0.05, 0.1) is 5.52 Å². The van der Waals surface area contributed by atoms with Gasteiger partial charge in [-0.1, -0.05) is 153 Å². The second-order valence-corrected chi connectivity index (χ2v) is 21.3. The smallest absolute Gasteiger partial charge is 0.135 e. The van der Waals surface area contributed by atoms with Crippen molar-refractivity contribution in [2.24, 2.45) is 0 Å². The lowest BCUT2D eigenvalue weighted by molar-refractivity contribution is 0.669. The van der Waals surface area contributed by atoms with Gasteiger partial charge in [0.15, 0.2) is 0 Å². The van der Waals surface area contributed by atoms with Crippen molar-refractivity contribution in [2.45, 2.75) is 67.2 Å². The number of rotatable bonds is 9. The molecular formula is C78H73N3OS. The number of hydrogen-bond acceptors (Lipinski definition) is 4. The highest BCUT2D eigenvalue weighted by molar-refractivity contribution is 7.20. The van der Waals surface area contributed by atoms with E-state index in [0.29, 0.717) is 0 Å². The van der Waals surface area contributed by atoms with E-state index in [2.05, 4.69) is 278 Å². The van der Waals surface area contributed by atoms with E-state index in [9.17, 15) is 0 Å². The van der Waals surface area contributed by atoms with Gasteiger partial charge in [0.1, 0.15) is 11.2 Å². The molecule has 0 saturated carbocycles. The van der Waals surface area contributed by atoms with E-state index < -0.39 is 0 Å². The van der Waals surface area contributed by atoms with Crippen molar-refractivity contribution in [3.63, 3.8) is 0 Å². The molecule has 0 N–H and O–H groups in total. The first kappa shape index (κ1) is 56.8. The number of hydrogen-bond donors (Lipinski definition) is 0. The van der Waals surface area contributed by atoms with E-state index in [1.54, 1.807) is 0 Å². The maximum Gasteiger partial charge on any atom is 0.135 e. The molecule has 0 spiro atoms. The summed E-state index contributed by atoms with van der Waals surface area (Å²) in [7, 11) is 0. The molecule has 0 radical (unpaired) electrons. The second-order valence-electron chi connectivity index (χ2n) is 20.3. The summed E-state index contributed by atoms with van der Waals surface area (Å²) in [6, 6.07) is 76.7. The van der Waals surface area contributed by atoms with E-state index in [1.807, 2.05) is 63.3 Å². The molecule has 3 aromatic heterocycles. The predicted molar refractivity (Wildman–Crippen MR) is 364 cm³/mol. The lowest BCUT2D eigenvalue weighted by atomic mass is 9.98. The van der Waals surface area contributed by atoms with Crippen LogP contribution >= 0.6 is 11.3 Å². The van der Waals surface area contributed by atoms with Gasteiger partial charge < -0.3 is 18.8 Å². The number of nitrogens with zero attached hydrogens (tertiary/aromatic N) is 3. The fourth-order valence-electron chi connectivity index (χ4n) is 11.2. The molecule has 9 aromatic carbocycles. The van der Waals surface area contributed by atoms with E-state index in [-0.39, 0.29) is 0 Å². The Bertz CT molecular complexity index is 4200. The van der Waals surface area contributed by atoms with Crippen molar-refractivity contribution in [3.05, 3.63) is 295 Å². The van der Waals surface area contributed by atoms with Crippen LogP contribution in [0.15, 0.2) is 266 Å². The first-order chi connectivity index (χ1) is 40.9. The van der Waals surface area contributed by atoms with Crippen LogP contribution in [-0.4, -0.2) is 4.57 Å². The second kappa shape index (κ2) is 26.9. The molecule has 83 heavy (non-hydrogen) atoms. The Hall–Kier alpha value is -9.42. The van der Waals surface area contributed by atoms with Gasteiger partial charge in [-0.05, 0) is 213 Å². The zero-order chi connectivity index (χ0) is 57.7. The zero-order valence-corrected chi connectivity index (χ0v) is 49.5. The highest BCUT2D eigenvalue weighted by Gasteiger charge is 2.23. The summed E-state index contributed by atoms with van der Waals surface area (Å²) in [4.78, 5) is 6.13. The minimum Gasteiger partial charge on any atom is -0.456 e. The van der Waals surface area contributed by atoms with E-state index in [1.165, 1.54) is 65.1 Å². The number of thiophene rings is 1. The molecule has 3 heterocycles. The van der Waals surface area contributed by atoms with Crippen LogP contribution in [-0.2, 0) is 12.8 Å². The number of fused-ring (bicyclic) bond motifs is 9. The lowest BCUT2D eigenvalue weighted by Gasteiger charge is -2.29. The number of allylic oxidation sites excluding steroid dienone is 6. The van der Waals surface area contributed by atoms with Crippen molar-refractivity contribution >= 4 is 101 Å². The van der Waals surface area contributed by atoms with Crippen LogP contribution in [0.25, 0.3) is 71.9 Å². The van der Waals surface area contributed by atoms with Crippen LogP contribution in [0.5, 0.6) is 0 Å². The Kier molecular flexibility index (Phi) is 18.4. The molecule has 0 aliphatic heterocycles. The molecular weight excluding hydrogens is 1030 g/mol. The average Bonchev–Trinajstić information content (AvgIpc) is 3.87. The number of para-hydroxylation sites is 3. The lowest BCUT2D eigenvalue weighted by Crippen LogP contribution is -2.13. The first-order valence-corrected chi connectivity index (χ1v) is 29.9. The van der Waals surface area contributed by atoms with E-state index >= 15 is 0 Å². The predicted octanol–water partition coefficient (Wildman–Crippen LogP) is 23.5. The third kappa shape index (κ3) is 12.1. The van der Waals surface area contributed by atoms with Gasteiger partial charge in [-0.25, -0.2) is 0 Å². The summed E-state index contributed by atoms with van der Waals surface area (Å²) in [5.41, 5.74) is 20.0. The van der Waals surface area contributed by atoms with Crippen molar-refractivity contribution in [2.75, 3.05) is 9.80 Å². The Morgan fingerprint density at radius 2 is 0.952 bits per heavy atom. The zero-order valence-electron chi connectivity index (χ0n) is 48.7. The number of furan rings is 1. The summed E-state index contributed by atoms with van der Waals surface area (Å²) >= 11 is 1.90. The molecule has 412 valence electrons. The largest absolute Gasteiger partial charge is 0.456 e. The molecule has 0 amide bonds. The maximum absolute atomic E-state index is 6.61. The van der Waals surface area contributed by atoms with Gasteiger partial charge in [0, 0.05) is 71.2 Å². The third-order valence-corrected chi connectivity index (χ3v) is 16.4. The van der Waals surface area contributed by atoms with E-state index in [4.69, 9.17) is 4.42 Å². The Morgan fingerprint density at radius 3 is 1.58 bits per heavy atom. The normalized spacial score (nSPS) is 12.2. The molecule has 2 aliphatic rings. The van der Waals surface area contributed by atoms with Crippen LogP contribution in [0.1, 0.15) is 73.4 Å². The molecule has 0 atom stereocenters. The fourth-order valence-corrected chi connectivity index (χ4v) is 12.3. The van der Waals surface area contributed by atoms with E-state index in [0.717, 1.165) is 87.3 Å². The van der Waals surface area contributed by atoms with Gasteiger partial charge >= 0.3 is 0 Å². The molecule has 2 aliphatic carbocycles. The molecule has 4 nitrogen and oxygen atoms in total. The quantitative estimate of drug-likeness (QED) is 0.106. The maximum atomic E-state index is 6.61. The molecule has 5 heteroatoms. The topological polar surface area (TPSA) is 24.6 Å². The standard InChI is InChI=1S/C60H43N3OS.C8H10.C6H10.C2H6.C2H4/c1-4-15-42(16-5-1)61(43-17-6-2-7-18-43)45-21-14-22-46(37-45)62(48-30-34-60-54(39-48)51-24-11-13-26-59(51)65-60)47-29-33-58-53(38-47)52-35-40(28-32-57(52)64-58)41-27-31-50-49-23-10-12-25-55(49)63(56(50)36-41)44-19-8-3-9-20-44;1-7-5-3-4-6-8(7)2;1-3-5-6-4-2;2*1-2/h1-9,12-22,25-39H,10-11,23-24H2;3-6H,1-2H3;3-6H,1-2H3;1-2H3;1-2H2/b;;5-3-,6-4-;;. The molecule has 14 rings (SSSR count). The fraction of sp³-hybridized carbons (Fsp3) is 0.128. The minimum absolute atomic E-state index is 0.871. The molecule has 12 aromatic rings. The SMILES string of the molecule is C/C=C\C=C/C.C1=Cc2sc3ccc(N(c4cccc(N(c5ccccc5)c5ccccc5)c4)c4ccc5oc6ccc(-c7ccc8c9c(n(-c%10ccccc%10)c8c7)C=CCC9)cc6c5c4)cc3c2CC1.C=C.CC.Cc1ccccc1C. The van der Waals surface area contributed by atoms with Crippen LogP contribution < -0.4 is 9.80 Å². The third-order valence-electron chi connectivity index (χ3n) is 15.2. The monoisotopic (exact) mass is 1100 g/mol. The highest BCUT2D eigenvalue weighted by Crippen LogP contribution is 2.46. The van der Waals surface area contributed by atoms with Crippen molar-refractivity contribution in [1.82, 2.24) is 4.57 Å². The van der Waals surface area contributed by atoms with Crippen LogP contribution in [0.4, 0.5) is 34.1 Å². The molecule has 0 unspecified atom stereocenters. The van der Waals surface area contributed by atoms with Gasteiger partial charge in [0.2, 0.25) is 0 Å².